The molecule has 0 bridgehead atoms. The minimum Gasteiger partial charge on any atom is -0.459 e. The number of aliphatic hydroxyl groups excluding tert-OH is 6. The smallest absolute Gasteiger partial charge is 0.338 e. The van der Waals surface area contributed by atoms with Crippen molar-refractivity contribution >= 4 is 77.0 Å². The van der Waals surface area contributed by atoms with Crippen LogP contribution in [0, 0.1) is 5.92 Å². The summed E-state index contributed by atoms with van der Waals surface area (Å²) >= 11 is 0. The molecule has 10 amide bonds. The van der Waals surface area contributed by atoms with Crippen LogP contribution in [0.2, 0.25) is 0 Å². The lowest BCUT2D eigenvalue weighted by Crippen LogP contribution is -2.67. The second-order valence-corrected chi connectivity index (χ2v) is 27.8. The zero-order valence-electron chi connectivity index (χ0n) is 63.0. The van der Waals surface area contributed by atoms with Gasteiger partial charge in [0, 0.05) is 31.8 Å². The van der Waals surface area contributed by atoms with E-state index in [4.69, 9.17) is 38.9 Å². The molecule has 0 unspecified atom stereocenters. The average Bonchev–Trinajstić information content (AvgIpc) is 0.938. The Morgan fingerprint density at radius 3 is 1.48 bits per heavy atom. The molecule has 0 saturated carbocycles. The van der Waals surface area contributed by atoms with Gasteiger partial charge in [0.05, 0.1) is 53.8 Å². The van der Waals surface area contributed by atoms with Gasteiger partial charge < -0.3 is 117 Å². The number of esters is 3. The summed E-state index contributed by atoms with van der Waals surface area (Å²) in [6.07, 6.45) is -23.1. The van der Waals surface area contributed by atoms with Crippen molar-refractivity contribution in [1.29, 1.82) is 0 Å². The number of carbonyl (C=O) groups is 13. The van der Waals surface area contributed by atoms with Crippen LogP contribution in [0.4, 0.5) is 0 Å². The number of hydrogen-bond acceptors (Lipinski definition) is 27. The number of nitrogens with zero attached hydrogens (tertiary/aromatic N) is 5. The molecule has 3 aromatic rings. The Morgan fingerprint density at radius 2 is 0.991 bits per heavy atom. The number of rotatable bonds is 35. The van der Waals surface area contributed by atoms with E-state index in [0.29, 0.717) is 6.42 Å². The van der Waals surface area contributed by atoms with Gasteiger partial charge in [-0.2, -0.15) is 0 Å². The second kappa shape index (κ2) is 41.3. The van der Waals surface area contributed by atoms with Crippen LogP contribution in [0.1, 0.15) is 125 Å². The molecular formula is C73H99N13O26. The van der Waals surface area contributed by atoms with Gasteiger partial charge in [-0.3, -0.25) is 47.9 Å². The van der Waals surface area contributed by atoms with Crippen LogP contribution in [0.5, 0.6) is 0 Å². The predicted molar refractivity (Wildman–Crippen MR) is 386 cm³/mol. The number of nitrogens with two attached hydrogens (primary N) is 1. The first-order valence-electron chi connectivity index (χ1n) is 36.5. The predicted octanol–water partition coefficient (Wildman–Crippen LogP) is -2.96. The fourth-order valence-corrected chi connectivity index (χ4v) is 13.1. The van der Waals surface area contributed by atoms with E-state index in [2.05, 4.69) is 47.2 Å². The lowest BCUT2D eigenvalue weighted by Gasteiger charge is -2.46. The molecule has 4 aliphatic rings. The van der Waals surface area contributed by atoms with Crippen molar-refractivity contribution < 1.29 is 126 Å². The quantitative estimate of drug-likeness (QED) is 0.00920. The van der Waals surface area contributed by atoms with E-state index in [1.807, 2.05) is 0 Å². The van der Waals surface area contributed by atoms with E-state index in [1.165, 1.54) is 72.5 Å². The third kappa shape index (κ3) is 23.2. The Hall–Kier alpha value is -10.3. The first-order chi connectivity index (χ1) is 53.1. The number of primary amides is 1. The molecule has 15 N–H and O–H groups in total. The summed E-state index contributed by atoms with van der Waals surface area (Å²) in [7, 11) is 0. The van der Waals surface area contributed by atoms with Crippen LogP contribution in [-0.2, 0) is 81.1 Å². The summed E-state index contributed by atoms with van der Waals surface area (Å²) in [5.41, 5.74) is 15.5. The monoisotopic (exact) mass is 1570 g/mol. The summed E-state index contributed by atoms with van der Waals surface area (Å²) in [6, 6.07) is 5.32. The lowest BCUT2D eigenvalue weighted by molar-refractivity contribution is -0.306. The topological polar surface area (TPSA) is 573 Å². The van der Waals surface area contributed by atoms with Gasteiger partial charge in [-0.1, -0.05) is 80.0 Å². The molecule has 0 aliphatic carbocycles. The molecule has 4 fully saturated rings. The summed E-state index contributed by atoms with van der Waals surface area (Å²) in [4.78, 5) is 185. The number of ether oxygens (including phenoxy) is 7. The summed E-state index contributed by atoms with van der Waals surface area (Å²) in [6.45, 7) is 9.39. The van der Waals surface area contributed by atoms with Crippen LogP contribution in [0.3, 0.4) is 0 Å². The maximum atomic E-state index is 15.3. The fourth-order valence-electron chi connectivity index (χ4n) is 13.1. The molecule has 4 heterocycles. The maximum Gasteiger partial charge on any atom is 0.338 e. The Labute approximate surface area is 643 Å². The van der Waals surface area contributed by atoms with Crippen molar-refractivity contribution in [3.8, 4) is 0 Å². The molecule has 112 heavy (non-hydrogen) atoms. The summed E-state index contributed by atoms with van der Waals surface area (Å²) in [5, 5.41) is 87.8. The minimum atomic E-state index is -2.18. The summed E-state index contributed by atoms with van der Waals surface area (Å²) < 4.78 is 42.9. The van der Waals surface area contributed by atoms with Gasteiger partial charge in [-0.05, 0) is 108 Å². The van der Waals surface area contributed by atoms with Crippen molar-refractivity contribution in [2.75, 3.05) is 26.3 Å². The summed E-state index contributed by atoms with van der Waals surface area (Å²) in [5.74, 6) is -13.8. The van der Waals surface area contributed by atoms with Gasteiger partial charge in [-0.25, -0.2) is 14.4 Å². The SMILES string of the molecule is CC[C@H](C)[C@H](NC(=O)[C@@H]1CCCN1C(=O)[C@@H](NC(=O)[C@@H](NC(=O)[C@@H](NC(=O)[C@@H]1CCCN1C(C)=O)[C@@H](C)O)[C@@H](C)O[C@H]1O[C@H](CO[C@H]2O[C@H](COC(=O)c3ccccc3)[C@H](OC(=O)c3ccccc3)[C@H](OC(=O)c3ccccc3)[C@H]2N=[N+]=[N-])[C@H](O)[C@H](O)[C@H]1NC(C)=O)[C@@H](C)O)C(=O)N[C@H](C(=O)N[C@H](C(N)=O)[C@@H](C)O)[C@@H](C)O. The van der Waals surface area contributed by atoms with Crippen molar-refractivity contribution in [3.63, 3.8) is 0 Å². The highest BCUT2D eigenvalue weighted by Gasteiger charge is 2.54. The minimum absolute atomic E-state index is 0.00518. The van der Waals surface area contributed by atoms with E-state index in [-0.39, 0.29) is 55.5 Å². The van der Waals surface area contributed by atoms with Gasteiger partial charge in [-0.15, -0.1) is 0 Å². The zero-order chi connectivity index (χ0) is 82.5. The molecule has 4 aliphatic heterocycles. The molecule has 7 rings (SSSR count). The molecule has 3 aromatic carbocycles. The van der Waals surface area contributed by atoms with Gasteiger partial charge >= 0.3 is 17.9 Å². The van der Waals surface area contributed by atoms with Crippen molar-refractivity contribution in [2.45, 2.75) is 235 Å². The Morgan fingerprint density at radius 1 is 0.554 bits per heavy atom. The largest absolute Gasteiger partial charge is 0.459 e. The van der Waals surface area contributed by atoms with Crippen molar-refractivity contribution in [1.82, 2.24) is 47.0 Å². The molecule has 612 valence electrons. The molecular weight excluding hydrogens is 1470 g/mol. The Bertz CT molecular complexity index is 3840. The van der Waals surface area contributed by atoms with E-state index >= 15 is 4.79 Å². The first-order valence-corrected chi connectivity index (χ1v) is 36.5. The third-order valence-electron chi connectivity index (χ3n) is 19.4. The number of likely N-dealkylation sites (tertiary alicyclic amines) is 2. The number of azide groups is 1. The standard InChI is InChI=1S/C73H99N13O26/c1-10-34(2)49(64(98)80-52(37(5)89)65(99)78-50(35(3)87)61(74)95)77-63(97)46-29-21-31-86(46)68(102)53(38(6)90)81-67(101)54(82-66(100)51(36(4)88)79-62(96)45-28-20-30-85(45)41(9)92)39(7)108-73-55(76-40(8)91)58(94)57(93)47(109-73)32-107-72-56(83-84-75)60(112-71(105)44-26-18-13-19-27-44)59(111-70(104)43-24-16-12-17-25-43)48(110-72)33-106-69(103)42-22-14-11-15-23-42/h11-19,22-27,34-39,45-60,72-73,87-90,93-94H,10,20-21,28-33H2,1-9H3,(H2,74,95)(H,76,91)(H,77,97)(H,78,99)(H,79,96)(H,80,98)(H,81,101)(H,82,100)/t34-,35+,36+,37+,38+,39+,45-,46-,47+,48+,49-,50-,51-,52-,53-,54-,55+,56+,57-,58+,59-,60+,72-,73-/m0/s1. The van der Waals surface area contributed by atoms with Gasteiger partial charge in [0.25, 0.3) is 0 Å². The van der Waals surface area contributed by atoms with Crippen LogP contribution in [-0.4, -0.2) is 284 Å². The average molecular weight is 1570 g/mol. The fraction of sp³-hybridized carbons (Fsp3) is 0.575. The van der Waals surface area contributed by atoms with Crippen LogP contribution >= 0.6 is 0 Å². The van der Waals surface area contributed by atoms with Gasteiger partial charge in [0.15, 0.2) is 24.8 Å². The highest BCUT2D eigenvalue weighted by molar-refractivity contribution is 5.99. The molecule has 39 nitrogen and oxygen atoms in total. The van der Waals surface area contributed by atoms with Crippen LogP contribution in [0.25, 0.3) is 10.4 Å². The van der Waals surface area contributed by atoms with E-state index < -0.39 is 236 Å². The van der Waals surface area contributed by atoms with Gasteiger partial charge in [0.1, 0.15) is 91.4 Å². The maximum absolute atomic E-state index is 15.3. The number of amides is 10. The Balaban J connectivity index is 1.20. The van der Waals surface area contributed by atoms with E-state index in [1.54, 1.807) is 44.2 Å². The molecule has 4 saturated heterocycles. The first kappa shape index (κ1) is 88.9. The molecule has 39 heteroatoms. The third-order valence-corrected chi connectivity index (χ3v) is 19.4. The van der Waals surface area contributed by atoms with Crippen molar-refractivity contribution in [3.05, 3.63) is 118 Å². The van der Waals surface area contributed by atoms with Crippen molar-refractivity contribution in [2.24, 2.45) is 16.8 Å². The van der Waals surface area contributed by atoms with Crippen LogP contribution < -0.4 is 43.0 Å². The number of benzene rings is 3. The van der Waals surface area contributed by atoms with Crippen LogP contribution in [0.15, 0.2) is 96.1 Å². The molecule has 0 aromatic heterocycles. The molecule has 24 atom stereocenters. The number of hydrogen-bond donors (Lipinski definition) is 14. The highest BCUT2D eigenvalue weighted by Crippen LogP contribution is 2.34. The number of aliphatic hydroxyl groups is 6. The van der Waals surface area contributed by atoms with Gasteiger partial charge in [0.2, 0.25) is 59.1 Å². The zero-order valence-corrected chi connectivity index (χ0v) is 63.0. The van der Waals surface area contributed by atoms with E-state index in [0.717, 1.165) is 46.4 Å². The Kier molecular flexibility index (Phi) is 32.8. The normalized spacial score (nSPS) is 25.4. The highest BCUT2D eigenvalue weighted by atomic mass is 16.7. The van der Waals surface area contributed by atoms with E-state index in [9.17, 15) is 93.7 Å². The molecule has 0 spiro atoms. The lowest BCUT2D eigenvalue weighted by atomic mass is 9.95. The molecule has 0 radical (unpaired) electrons. The second-order valence-electron chi connectivity index (χ2n) is 27.8. The number of carbonyl (C=O) groups excluding carboxylic acids is 13. The number of nitrogens with one attached hydrogen (secondary N) is 7.